The van der Waals surface area contributed by atoms with Gasteiger partial charge in [0, 0.05) is 30.5 Å². The molecule has 42 heavy (non-hydrogen) atoms. The van der Waals surface area contributed by atoms with Gasteiger partial charge in [-0.25, -0.2) is 22.6 Å². The van der Waals surface area contributed by atoms with Crippen molar-refractivity contribution < 1.29 is 35.9 Å². The van der Waals surface area contributed by atoms with Crippen molar-refractivity contribution in [1.29, 1.82) is 0 Å². The van der Waals surface area contributed by atoms with Gasteiger partial charge in [0.15, 0.2) is 0 Å². The number of halogens is 3. The molecule has 1 aliphatic rings. The van der Waals surface area contributed by atoms with Crippen LogP contribution in [0.3, 0.4) is 0 Å². The first-order valence-corrected chi connectivity index (χ1v) is 14.6. The highest BCUT2D eigenvalue weighted by Crippen LogP contribution is 2.37. The first-order valence-electron chi connectivity index (χ1n) is 13.1. The second kappa shape index (κ2) is 10.9. The Balaban J connectivity index is 1.49. The van der Waals surface area contributed by atoms with E-state index in [0.717, 1.165) is 10.4 Å². The summed E-state index contributed by atoms with van der Waals surface area (Å²) in [6.07, 6.45) is -0.689. The molecular formula is C27H29F3N6O5S. The summed E-state index contributed by atoms with van der Waals surface area (Å²) in [7, 11) is -4.13. The smallest absolute Gasteiger partial charge is 0.407 e. The molecular weight excluding hydrogens is 577 g/mol. The Morgan fingerprint density at radius 2 is 1.98 bits per heavy atom. The number of sulfonamides is 1. The predicted molar refractivity (Wildman–Crippen MR) is 146 cm³/mol. The van der Waals surface area contributed by atoms with Crippen LogP contribution in [0.4, 0.5) is 23.7 Å². The number of alkyl halides is 2. The summed E-state index contributed by atoms with van der Waals surface area (Å²) in [6, 6.07) is 7.76. The van der Waals surface area contributed by atoms with Gasteiger partial charge in [-0.15, -0.1) is 10.2 Å². The lowest BCUT2D eigenvalue weighted by Crippen LogP contribution is -2.55. The van der Waals surface area contributed by atoms with E-state index in [9.17, 15) is 31.5 Å². The number of pyridine rings is 1. The fourth-order valence-corrected chi connectivity index (χ4v) is 7.13. The molecule has 1 N–H and O–H groups in total. The molecule has 1 saturated heterocycles. The zero-order valence-electron chi connectivity index (χ0n) is 23.0. The van der Waals surface area contributed by atoms with Crippen LogP contribution in [-0.4, -0.2) is 61.9 Å². The van der Waals surface area contributed by atoms with Crippen molar-refractivity contribution in [2.75, 3.05) is 10.8 Å². The van der Waals surface area contributed by atoms with Crippen LogP contribution >= 0.6 is 0 Å². The molecule has 224 valence electrons. The summed E-state index contributed by atoms with van der Waals surface area (Å²) in [5.74, 6) is -1.56. The molecule has 1 amide bonds. The van der Waals surface area contributed by atoms with E-state index in [2.05, 4.69) is 15.2 Å². The quantitative estimate of drug-likeness (QED) is 0.297. The van der Waals surface area contributed by atoms with E-state index < -0.39 is 51.0 Å². The monoisotopic (exact) mass is 606 g/mol. The number of imidazole rings is 1. The fourth-order valence-electron chi connectivity index (χ4n) is 5.22. The third kappa shape index (κ3) is 5.78. The van der Waals surface area contributed by atoms with Crippen LogP contribution in [0.25, 0.3) is 17.1 Å². The Hall–Kier alpha value is -4.14. The van der Waals surface area contributed by atoms with Gasteiger partial charge in [0.2, 0.25) is 15.9 Å². The van der Waals surface area contributed by atoms with Gasteiger partial charge in [-0.1, -0.05) is 26.8 Å². The normalized spacial score (nSPS) is 18.1. The van der Waals surface area contributed by atoms with Crippen molar-refractivity contribution in [3.63, 3.8) is 0 Å². The predicted octanol–water partition coefficient (Wildman–Crippen LogP) is 5.35. The maximum atomic E-state index is 14.3. The molecule has 1 aliphatic heterocycles. The molecule has 1 aromatic carbocycles. The number of hydrogen-bond acceptors (Lipinski definition) is 7. The molecule has 0 spiro atoms. The molecule has 0 bridgehead atoms. The third-order valence-electron chi connectivity index (χ3n) is 7.31. The van der Waals surface area contributed by atoms with Crippen LogP contribution in [0.5, 0.6) is 0 Å². The molecule has 2 atom stereocenters. The number of hydrogen-bond donors (Lipinski definition) is 1. The average Bonchev–Trinajstić information content (AvgIpc) is 3.58. The van der Waals surface area contributed by atoms with Gasteiger partial charge in [-0.05, 0) is 48.6 Å². The van der Waals surface area contributed by atoms with E-state index in [1.54, 1.807) is 22.9 Å². The SMILES string of the molecule is CC(C)(C)C1CC(S(=O)(=O)N(Cc2cn3ccc(-c4nnc(C(F)F)o4)cc3n2)c2cccc(F)c2)CCN1C(=O)O. The van der Waals surface area contributed by atoms with E-state index in [1.165, 1.54) is 29.2 Å². The van der Waals surface area contributed by atoms with Crippen molar-refractivity contribution in [2.24, 2.45) is 5.41 Å². The van der Waals surface area contributed by atoms with Crippen molar-refractivity contribution in [1.82, 2.24) is 24.5 Å². The van der Waals surface area contributed by atoms with E-state index >= 15 is 0 Å². The van der Waals surface area contributed by atoms with Crippen LogP contribution in [-0.2, 0) is 16.6 Å². The number of carbonyl (C=O) groups is 1. The molecule has 0 radical (unpaired) electrons. The summed E-state index contributed by atoms with van der Waals surface area (Å²) in [5.41, 5.74) is 0.607. The average molecular weight is 607 g/mol. The lowest BCUT2D eigenvalue weighted by molar-refractivity contribution is 0.0604. The highest BCUT2D eigenvalue weighted by atomic mass is 32.2. The maximum absolute atomic E-state index is 14.3. The van der Waals surface area contributed by atoms with Crippen molar-refractivity contribution in [2.45, 2.75) is 57.9 Å². The van der Waals surface area contributed by atoms with Gasteiger partial charge in [-0.3, -0.25) is 4.31 Å². The number of amides is 1. The third-order valence-corrected chi connectivity index (χ3v) is 9.54. The lowest BCUT2D eigenvalue weighted by atomic mass is 9.80. The molecule has 4 aromatic rings. The van der Waals surface area contributed by atoms with Gasteiger partial charge in [0.1, 0.15) is 11.5 Å². The summed E-state index contributed by atoms with van der Waals surface area (Å²) in [6.45, 7) is 5.39. The van der Waals surface area contributed by atoms with E-state index in [0.29, 0.717) is 16.9 Å². The van der Waals surface area contributed by atoms with Gasteiger partial charge in [-0.2, -0.15) is 8.78 Å². The fraction of sp³-hybridized carbons (Fsp3) is 0.407. The number of nitrogens with zero attached hydrogens (tertiary/aromatic N) is 6. The minimum atomic E-state index is -4.13. The van der Waals surface area contributed by atoms with E-state index in [1.807, 2.05) is 20.8 Å². The molecule has 2 unspecified atom stereocenters. The standard InChI is InChI=1S/C27H29F3N6O5S/c1-27(2,3)21-13-20(8-10-35(21)26(37)38)42(39,40)36(19-6-4-5-17(28)12-19)15-18-14-34-9-7-16(11-22(34)31-18)24-32-33-25(41-24)23(29)30/h4-7,9,11-12,14,20-21,23H,8,10,13,15H2,1-3H3,(H,37,38). The number of aromatic nitrogens is 4. The molecule has 0 aliphatic carbocycles. The number of benzene rings is 1. The Morgan fingerprint density at radius 3 is 2.62 bits per heavy atom. The van der Waals surface area contributed by atoms with Crippen LogP contribution in [0.2, 0.25) is 0 Å². The zero-order valence-corrected chi connectivity index (χ0v) is 23.8. The topological polar surface area (TPSA) is 134 Å². The largest absolute Gasteiger partial charge is 0.465 e. The van der Waals surface area contributed by atoms with Crippen molar-refractivity contribution in [3.8, 4) is 11.5 Å². The summed E-state index contributed by atoms with van der Waals surface area (Å²) < 4.78 is 76.2. The molecule has 5 rings (SSSR count). The Kier molecular flexibility index (Phi) is 7.64. The Bertz CT molecular complexity index is 1720. The number of rotatable bonds is 7. The molecule has 15 heteroatoms. The van der Waals surface area contributed by atoms with Gasteiger partial charge in [0.25, 0.3) is 5.89 Å². The van der Waals surface area contributed by atoms with Crippen molar-refractivity contribution >= 4 is 27.5 Å². The van der Waals surface area contributed by atoms with Crippen LogP contribution in [0, 0.1) is 11.2 Å². The first kappa shape index (κ1) is 29.4. The zero-order chi connectivity index (χ0) is 30.4. The number of anilines is 1. The second-order valence-electron chi connectivity index (χ2n) is 11.2. The molecule has 4 heterocycles. The molecule has 1 fully saturated rings. The highest BCUT2D eigenvalue weighted by Gasteiger charge is 2.44. The van der Waals surface area contributed by atoms with Gasteiger partial charge >= 0.3 is 12.5 Å². The van der Waals surface area contributed by atoms with Gasteiger partial charge in [0.05, 0.1) is 23.2 Å². The lowest BCUT2D eigenvalue weighted by Gasteiger charge is -2.45. The molecule has 11 nitrogen and oxygen atoms in total. The number of fused-ring (bicyclic) bond motifs is 1. The first-order chi connectivity index (χ1) is 19.7. The molecule has 0 saturated carbocycles. The van der Waals surface area contributed by atoms with Crippen LogP contribution < -0.4 is 4.31 Å². The molecule has 3 aromatic heterocycles. The maximum Gasteiger partial charge on any atom is 0.407 e. The number of likely N-dealkylation sites (tertiary alicyclic amines) is 1. The summed E-state index contributed by atoms with van der Waals surface area (Å²) >= 11 is 0. The van der Waals surface area contributed by atoms with E-state index in [4.69, 9.17) is 4.42 Å². The second-order valence-corrected chi connectivity index (χ2v) is 13.3. The minimum absolute atomic E-state index is 0.0399. The van der Waals surface area contributed by atoms with E-state index in [-0.39, 0.29) is 37.5 Å². The van der Waals surface area contributed by atoms with Crippen molar-refractivity contribution in [3.05, 3.63) is 66.2 Å². The van der Waals surface area contributed by atoms with Gasteiger partial charge < -0.3 is 18.8 Å². The summed E-state index contributed by atoms with van der Waals surface area (Å²) in [4.78, 5) is 17.7. The summed E-state index contributed by atoms with van der Waals surface area (Å²) in [5, 5.41) is 15.8. The highest BCUT2D eigenvalue weighted by molar-refractivity contribution is 7.93. The van der Waals surface area contributed by atoms with Crippen LogP contribution in [0.15, 0.2) is 53.2 Å². The number of carboxylic acid groups (broad SMARTS) is 1. The van der Waals surface area contributed by atoms with Crippen LogP contribution in [0.1, 0.15) is 51.6 Å². The number of piperidine rings is 1. The Labute approximate surface area is 239 Å². The Morgan fingerprint density at radius 1 is 1.21 bits per heavy atom. The minimum Gasteiger partial charge on any atom is -0.465 e.